The van der Waals surface area contributed by atoms with Gasteiger partial charge in [0.1, 0.15) is 10.8 Å². The SMILES string of the molecule is O=C(CNc1cc(-c2nc(Cl)ns2)ccc1Cl)N1CCc2c(O)cccc21. The Bertz CT molecular complexity index is 1020. The lowest BCUT2D eigenvalue weighted by Crippen LogP contribution is -2.34. The van der Waals surface area contributed by atoms with E-state index in [0.717, 1.165) is 16.8 Å². The molecule has 0 unspecified atom stereocenters. The van der Waals surface area contributed by atoms with Crippen molar-refractivity contribution in [1.82, 2.24) is 9.36 Å². The molecule has 2 aromatic carbocycles. The van der Waals surface area contributed by atoms with E-state index in [1.54, 1.807) is 23.1 Å². The molecule has 0 bridgehead atoms. The number of phenolic OH excluding ortho intramolecular Hbond substituents is 1. The number of hydrogen-bond donors (Lipinski definition) is 2. The van der Waals surface area contributed by atoms with Gasteiger partial charge in [-0.1, -0.05) is 23.7 Å². The smallest absolute Gasteiger partial charge is 0.246 e. The maximum atomic E-state index is 12.7. The Morgan fingerprint density at radius 3 is 2.93 bits per heavy atom. The summed E-state index contributed by atoms with van der Waals surface area (Å²) in [5.41, 5.74) is 3.00. The van der Waals surface area contributed by atoms with Crippen LogP contribution >= 0.6 is 34.7 Å². The van der Waals surface area contributed by atoms with E-state index in [4.69, 9.17) is 23.2 Å². The van der Waals surface area contributed by atoms with Gasteiger partial charge in [-0.3, -0.25) is 4.79 Å². The zero-order valence-corrected chi connectivity index (χ0v) is 16.3. The first-order chi connectivity index (χ1) is 13.0. The number of nitrogens with zero attached hydrogens (tertiary/aromatic N) is 3. The Balaban J connectivity index is 1.49. The second-order valence-electron chi connectivity index (χ2n) is 5.99. The Labute approximate surface area is 169 Å². The van der Waals surface area contributed by atoms with Gasteiger partial charge in [-0.05, 0) is 53.8 Å². The summed E-state index contributed by atoms with van der Waals surface area (Å²) in [5.74, 6) is 0.127. The maximum absolute atomic E-state index is 12.7. The molecule has 1 aliphatic rings. The van der Waals surface area contributed by atoms with Crippen LogP contribution in [0.5, 0.6) is 5.75 Å². The summed E-state index contributed by atoms with van der Waals surface area (Å²) in [6.45, 7) is 0.625. The molecule has 1 aromatic heterocycles. The number of aromatic nitrogens is 2. The third-order valence-electron chi connectivity index (χ3n) is 4.35. The zero-order valence-electron chi connectivity index (χ0n) is 13.9. The highest BCUT2D eigenvalue weighted by molar-refractivity contribution is 7.09. The third kappa shape index (κ3) is 3.58. The average Bonchev–Trinajstić information content (AvgIpc) is 3.28. The van der Waals surface area contributed by atoms with Crippen LogP contribution in [-0.2, 0) is 11.2 Å². The van der Waals surface area contributed by atoms with E-state index in [-0.39, 0.29) is 23.5 Å². The second kappa shape index (κ2) is 7.34. The minimum Gasteiger partial charge on any atom is -0.508 e. The van der Waals surface area contributed by atoms with E-state index in [1.165, 1.54) is 11.5 Å². The largest absolute Gasteiger partial charge is 0.508 e. The Kier molecular flexibility index (Phi) is 4.90. The molecular formula is C18H14Cl2N4O2S. The number of amides is 1. The Hall–Kier alpha value is -2.35. The van der Waals surface area contributed by atoms with Gasteiger partial charge in [-0.25, -0.2) is 4.98 Å². The maximum Gasteiger partial charge on any atom is 0.246 e. The third-order valence-corrected chi connectivity index (χ3v) is 5.71. The van der Waals surface area contributed by atoms with Crippen molar-refractivity contribution in [2.24, 2.45) is 0 Å². The van der Waals surface area contributed by atoms with Crippen LogP contribution < -0.4 is 10.2 Å². The lowest BCUT2D eigenvalue weighted by molar-refractivity contribution is -0.116. The molecule has 0 saturated carbocycles. The number of rotatable bonds is 4. The van der Waals surface area contributed by atoms with E-state index in [2.05, 4.69) is 14.7 Å². The van der Waals surface area contributed by atoms with Crippen LogP contribution in [0.4, 0.5) is 11.4 Å². The molecule has 138 valence electrons. The molecule has 2 N–H and O–H groups in total. The predicted octanol–water partition coefficient (Wildman–Crippen LogP) is 4.22. The standard InChI is InChI=1S/C18H14Cl2N4O2S/c19-12-5-4-10(17-22-18(20)23-27-17)8-13(12)21-9-16(26)24-7-6-11-14(24)2-1-3-15(11)25/h1-5,8,21,25H,6-7,9H2. The van der Waals surface area contributed by atoms with Crippen LogP contribution in [0.1, 0.15) is 5.56 Å². The normalized spacial score (nSPS) is 12.9. The molecule has 0 saturated heterocycles. The lowest BCUT2D eigenvalue weighted by atomic mass is 10.1. The summed E-state index contributed by atoms with van der Waals surface area (Å²) in [7, 11) is 0. The summed E-state index contributed by atoms with van der Waals surface area (Å²) < 4.78 is 3.96. The number of halogens is 2. The van der Waals surface area contributed by atoms with E-state index in [0.29, 0.717) is 28.7 Å². The van der Waals surface area contributed by atoms with Crippen LogP contribution in [0.3, 0.4) is 0 Å². The number of anilines is 2. The van der Waals surface area contributed by atoms with Gasteiger partial charge in [0.15, 0.2) is 0 Å². The molecule has 4 rings (SSSR count). The fourth-order valence-corrected chi connectivity index (χ4v) is 4.04. The zero-order chi connectivity index (χ0) is 19.0. The van der Waals surface area contributed by atoms with Crippen molar-refractivity contribution in [3.8, 4) is 16.3 Å². The molecule has 1 amide bonds. The van der Waals surface area contributed by atoms with Crippen molar-refractivity contribution in [3.63, 3.8) is 0 Å². The minimum absolute atomic E-state index is 0.0785. The molecule has 2 heterocycles. The van der Waals surface area contributed by atoms with Crippen molar-refractivity contribution in [2.45, 2.75) is 6.42 Å². The van der Waals surface area contributed by atoms with Gasteiger partial charge in [0.25, 0.3) is 0 Å². The van der Waals surface area contributed by atoms with E-state index in [1.807, 2.05) is 18.2 Å². The van der Waals surface area contributed by atoms with Gasteiger partial charge in [-0.15, -0.1) is 0 Å². The minimum atomic E-state index is -0.0974. The van der Waals surface area contributed by atoms with Crippen molar-refractivity contribution < 1.29 is 9.90 Å². The number of carbonyl (C=O) groups is 1. The first kappa shape index (κ1) is 18.0. The second-order valence-corrected chi connectivity index (χ2v) is 7.48. The molecule has 6 nitrogen and oxygen atoms in total. The number of nitrogens with one attached hydrogen (secondary N) is 1. The molecule has 0 aliphatic carbocycles. The van der Waals surface area contributed by atoms with Crippen molar-refractivity contribution in [1.29, 1.82) is 0 Å². The monoisotopic (exact) mass is 420 g/mol. The van der Waals surface area contributed by atoms with Crippen LogP contribution in [0.25, 0.3) is 10.6 Å². The van der Waals surface area contributed by atoms with E-state index in [9.17, 15) is 9.90 Å². The predicted molar refractivity (Wildman–Crippen MR) is 108 cm³/mol. The number of phenols is 1. The molecule has 0 radical (unpaired) electrons. The van der Waals surface area contributed by atoms with E-state index >= 15 is 0 Å². The van der Waals surface area contributed by atoms with Gasteiger partial charge in [-0.2, -0.15) is 4.37 Å². The van der Waals surface area contributed by atoms with Gasteiger partial charge in [0.2, 0.25) is 11.2 Å². The van der Waals surface area contributed by atoms with Gasteiger partial charge >= 0.3 is 0 Å². The Morgan fingerprint density at radius 2 is 2.15 bits per heavy atom. The van der Waals surface area contributed by atoms with Gasteiger partial charge in [0, 0.05) is 17.7 Å². The first-order valence-electron chi connectivity index (χ1n) is 8.17. The highest BCUT2D eigenvalue weighted by atomic mass is 35.5. The quantitative estimate of drug-likeness (QED) is 0.660. The molecule has 0 atom stereocenters. The van der Waals surface area contributed by atoms with Crippen LogP contribution in [0.2, 0.25) is 10.3 Å². The van der Waals surface area contributed by atoms with Crippen molar-refractivity contribution in [2.75, 3.05) is 23.3 Å². The summed E-state index contributed by atoms with van der Waals surface area (Å²) >= 11 is 13.2. The number of fused-ring (bicyclic) bond motifs is 1. The molecule has 0 spiro atoms. The summed E-state index contributed by atoms with van der Waals surface area (Å²) in [6.07, 6.45) is 0.641. The molecule has 9 heteroatoms. The van der Waals surface area contributed by atoms with Gasteiger partial charge < -0.3 is 15.3 Å². The van der Waals surface area contributed by atoms with Crippen molar-refractivity contribution >= 4 is 52.0 Å². The summed E-state index contributed by atoms with van der Waals surface area (Å²) in [6, 6.07) is 10.6. The van der Waals surface area contributed by atoms with Crippen LogP contribution in [-0.4, -0.2) is 33.5 Å². The molecule has 27 heavy (non-hydrogen) atoms. The number of hydrogen-bond acceptors (Lipinski definition) is 6. The molecule has 3 aromatic rings. The highest BCUT2D eigenvalue weighted by Crippen LogP contribution is 2.34. The highest BCUT2D eigenvalue weighted by Gasteiger charge is 2.26. The average molecular weight is 421 g/mol. The fraction of sp³-hybridized carbons (Fsp3) is 0.167. The fourth-order valence-electron chi connectivity index (χ4n) is 3.06. The molecule has 0 fully saturated rings. The lowest BCUT2D eigenvalue weighted by Gasteiger charge is -2.18. The number of aromatic hydroxyl groups is 1. The summed E-state index contributed by atoms with van der Waals surface area (Å²) in [4.78, 5) is 18.5. The van der Waals surface area contributed by atoms with Crippen LogP contribution in [0, 0.1) is 0 Å². The van der Waals surface area contributed by atoms with Crippen molar-refractivity contribution in [3.05, 3.63) is 52.3 Å². The Morgan fingerprint density at radius 1 is 1.30 bits per heavy atom. The summed E-state index contributed by atoms with van der Waals surface area (Å²) in [5, 5.41) is 14.4. The number of carbonyl (C=O) groups excluding carboxylic acids is 1. The number of benzene rings is 2. The van der Waals surface area contributed by atoms with E-state index < -0.39 is 0 Å². The molecular weight excluding hydrogens is 407 g/mol. The topological polar surface area (TPSA) is 78.4 Å². The van der Waals surface area contributed by atoms with Crippen LogP contribution in [0.15, 0.2) is 36.4 Å². The molecule has 1 aliphatic heterocycles. The first-order valence-corrected chi connectivity index (χ1v) is 9.70. The van der Waals surface area contributed by atoms with Gasteiger partial charge in [0.05, 0.1) is 22.9 Å².